The number of likely N-dealkylation sites (N-methyl/N-ethyl adjacent to an activating group) is 1. The molecule has 35 heavy (non-hydrogen) atoms. The molecule has 0 radical (unpaired) electrons. The lowest BCUT2D eigenvalue weighted by molar-refractivity contribution is -0.135. The first-order valence-electron chi connectivity index (χ1n) is 12.4. The van der Waals surface area contributed by atoms with Crippen LogP contribution in [0.15, 0.2) is 48.5 Å². The van der Waals surface area contributed by atoms with E-state index < -0.39 is 11.9 Å². The van der Waals surface area contributed by atoms with E-state index in [4.69, 9.17) is 0 Å². The highest BCUT2D eigenvalue weighted by atomic mass is 19.1. The summed E-state index contributed by atoms with van der Waals surface area (Å²) in [5.41, 5.74) is 1.50. The molecular formula is C27H34F2N4O2. The van der Waals surface area contributed by atoms with E-state index in [-0.39, 0.29) is 17.6 Å². The van der Waals surface area contributed by atoms with Crippen LogP contribution in [0.1, 0.15) is 47.5 Å². The Morgan fingerprint density at radius 3 is 2.23 bits per heavy atom. The summed E-state index contributed by atoms with van der Waals surface area (Å²) in [4.78, 5) is 30.0. The fraction of sp³-hybridized carbons (Fsp3) is 0.481. The minimum atomic E-state index is -0.608. The van der Waals surface area contributed by atoms with Crippen LogP contribution in [0, 0.1) is 11.6 Å². The van der Waals surface area contributed by atoms with Gasteiger partial charge >= 0.3 is 0 Å². The molecule has 2 amide bonds. The molecule has 0 bridgehead atoms. The lowest BCUT2D eigenvalue weighted by Gasteiger charge is -2.34. The number of halogens is 2. The molecule has 188 valence electrons. The van der Waals surface area contributed by atoms with Crippen LogP contribution in [0.25, 0.3) is 0 Å². The SMILES string of the molecule is CN1CCN(C(=O)[C@H](CCCCN[C@@H]2CC2c2ccc(F)cc2)NC(=O)c2ccc(F)cc2)CC1. The number of carbonyl (C=O) groups is 2. The zero-order valence-corrected chi connectivity index (χ0v) is 20.2. The second-order valence-corrected chi connectivity index (χ2v) is 9.61. The van der Waals surface area contributed by atoms with Gasteiger partial charge in [0.05, 0.1) is 0 Å². The first kappa shape index (κ1) is 25.3. The summed E-state index contributed by atoms with van der Waals surface area (Å²) in [6.07, 6.45) is 3.26. The lowest BCUT2D eigenvalue weighted by Crippen LogP contribution is -2.54. The zero-order valence-electron chi connectivity index (χ0n) is 20.2. The van der Waals surface area contributed by atoms with Gasteiger partial charge < -0.3 is 20.4 Å². The van der Waals surface area contributed by atoms with Crippen LogP contribution in [-0.2, 0) is 4.79 Å². The number of benzene rings is 2. The molecule has 2 aliphatic rings. The van der Waals surface area contributed by atoms with Gasteiger partial charge in [-0.3, -0.25) is 9.59 Å². The smallest absolute Gasteiger partial charge is 0.251 e. The van der Waals surface area contributed by atoms with Crippen molar-refractivity contribution in [3.05, 3.63) is 71.3 Å². The Bertz CT molecular complexity index is 991. The van der Waals surface area contributed by atoms with E-state index >= 15 is 0 Å². The topological polar surface area (TPSA) is 64.7 Å². The maximum atomic E-state index is 13.2. The van der Waals surface area contributed by atoms with Crippen LogP contribution in [0.2, 0.25) is 0 Å². The largest absolute Gasteiger partial charge is 0.340 e. The summed E-state index contributed by atoms with van der Waals surface area (Å²) in [6, 6.07) is 11.8. The fourth-order valence-electron chi connectivity index (χ4n) is 4.61. The van der Waals surface area contributed by atoms with Crippen LogP contribution < -0.4 is 10.6 Å². The molecule has 1 aliphatic heterocycles. The third kappa shape index (κ3) is 7.08. The van der Waals surface area contributed by atoms with E-state index in [1.807, 2.05) is 24.1 Å². The van der Waals surface area contributed by atoms with Gasteiger partial charge in [-0.15, -0.1) is 0 Å². The normalized spacial score (nSPS) is 20.9. The number of hydrogen-bond acceptors (Lipinski definition) is 4. The van der Waals surface area contributed by atoms with Crippen LogP contribution in [0.5, 0.6) is 0 Å². The Labute approximate surface area is 205 Å². The molecule has 3 atom stereocenters. The Hall–Kier alpha value is -2.84. The lowest BCUT2D eigenvalue weighted by atomic mass is 10.1. The van der Waals surface area contributed by atoms with Gasteiger partial charge in [0.1, 0.15) is 17.7 Å². The van der Waals surface area contributed by atoms with E-state index in [0.717, 1.165) is 44.5 Å². The molecule has 1 heterocycles. The quantitative estimate of drug-likeness (QED) is 0.509. The van der Waals surface area contributed by atoms with Crippen molar-refractivity contribution in [2.75, 3.05) is 39.8 Å². The van der Waals surface area contributed by atoms with E-state index in [1.54, 1.807) is 0 Å². The van der Waals surface area contributed by atoms with Gasteiger partial charge in [-0.25, -0.2) is 8.78 Å². The Kier molecular flexibility index (Phi) is 8.46. The predicted octanol–water partition coefficient (Wildman–Crippen LogP) is 3.15. The van der Waals surface area contributed by atoms with Crippen molar-refractivity contribution in [2.45, 2.75) is 43.7 Å². The molecule has 1 saturated carbocycles. The van der Waals surface area contributed by atoms with Gasteiger partial charge in [-0.2, -0.15) is 0 Å². The van der Waals surface area contributed by atoms with E-state index in [2.05, 4.69) is 15.5 Å². The molecule has 2 aromatic rings. The van der Waals surface area contributed by atoms with Crippen LogP contribution in [0.3, 0.4) is 0 Å². The second kappa shape index (κ2) is 11.7. The summed E-state index contributed by atoms with van der Waals surface area (Å²) in [6.45, 7) is 3.73. The molecule has 6 nitrogen and oxygen atoms in total. The van der Waals surface area contributed by atoms with Gasteiger partial charge in [0.25, 0.3) is 5.91 Å². The fourth-order valence-corrected chi connectivity index (χ4v) is 4.61. The third-order valence-corrected chi connectivity index (χ3v) is 6.94. The second-order valence-electron chi connectivity index (χ2n) is 9.61. The van der Waals surface area contributed by atoms with E-state index in [9.17, 15) is 18.4 Å². The number of carbonyl (C=O) groups excluding carboxylic acids is 2. The number of nitrogens with one attached hydrogen (secondary N) is 2. The number of unbranched alkanes of at least 4 members (excludes halogenated alkanes) is 1. The number of amides is 2. The molecule has 2 aromatic carbocycles. The van der Waals surface area contributed by atoms with Gasteiger partial charge in [-0.1, -0.05) is 12.1 Å². The van der Waals surface area contributed by atoms with Crippen molar-refractivity contribution < 1.29 is 18.4 Å². The van der Waals surface area contributed by atoms with E-state index in [0.29, 0.717) is 37.0 Å². The highest BCUT2D eigenvalue weighted by Crippen LogP contribution is 2.40. The Balaban J connectivity index is 1.26. The summed E-state index contributed by atoms with van der Waals surface area (Å²) in [7, 11) is 2.03. The number of nitrogens with zero attached hydrogens (tertiary/aromatic N) is 2. The minimum Gasteiger partial charge on any atom is -0.340 e. The summed E-state index contributed by atoms with van der Waals surface area (Å²) in [5.74, 6) is -0.615. The highest BCUT2D eigenvalue weighted by Gasteiger charge is 2.37. The average molecular weight is 485 g/mol. The molecular weight excluding hydrogens is 450 g/mol. The van der Waals surface area contributed by atoms with Gasteiger partial charge in [0.15, 0.2) is 0 Å². The molecule has 4 rings (SSSR count). The van der Waals surface area contributed by atoms with Crippen LogP contribution in [0.4, 0.5) is 8.78 Å². The van der Waals surface area contributed by atoms with Crippen LogP contribution in [-0.4, -0.2) is 73.5 Å². The van der Waals surface area contributed by atoms with Gasteiger partial charge in [0.2, 0.25) is 5.91 Å². The summed E-state index contributed by atoms with van der Waals surface area (Å²) >= 11 is 0. The monoisotopic (exact) mass is 484 g/mol. The molecule has 1 saturated heterocycles. The minimum absolute atomic E-state index is 0.0555. The van der Waals surface area contributed by atoms with Crippen molar-refractivity contribution in [1.29, 1.82) is 0 Å². The Morgan fingerprint density at radius 2 is 1.57 bits per heavy atom. The third-order valence-electron chi connectivity index (χ3n) is 6.94. The van der Waals surface area contributed by atoms with Crippen molar-refractivity contribution >= 4 is 11.8 Å². The Morgan fingerprint density at radius 1 is 0.943 bits per heavy atom. The summed E-state index contributed by atoms with van der Waals surface area (Å²) in [5, 5.41) is 6.43. The van der Waals surface area contributed by atoms with Crippen LogP contribution >= 0.6 is 0 Å². The van der Waals surface area contributed by atoms with E-state index in [1.165, 1.54) is 36.4 Å². The molecule has 8 heteroatoms. The maximum Gasteiger partial charge on any atom is 0.251 e. The van der Waals surface area contributed by atoms with Gasteiger partial charge in [-0.05, 0) is 81.2 Å². The molecule has 1 unspecified atom stereocenters. The highest BCUT2D eigenvalue weighted by molar-refractivity contribution is 5.97. The first-order chi connectivity index (χ1) is 16.9. The number of piperazine rings is 1. The maximum absolute atomic E-state index is 13.2. The zero-order chi connectivity index (χ0) is 24.8. The standard InChI is InChI=1S/C27H34F2N4O2/c1-32-14-16-33(17-15-32)27(35)24(31-26(34)20-7-11-22(29)12-8-20)4-2-3-13-30-25-18-23(25)19-5-9-21(28)10-6-19/h5-12,23-25,30H,2-4,13-18H2,1H3,(H,31,34)/t23?,24-,25+/m0/s1. The molecule has 2 fully saturated rings. The average Bonchev–Trinajstić information content (AvgIpc) is 3.63. The summed E-state index contributed by atoms with van der Waals surface area (Å²) < 4.78 is 26.4. The van der Waals surface area contributed by atoms with Crippen molar-refractivity contribution in [1.82, 2.24) is 20.4 Å². The van der Waals surface area contributed by atoms with Crippen molar-refractivity contribution in [2.24, 2.45) is 0 Å². The molecule has 2 N–H and O–H groups in total. The number of hydrogen-bond donors (Lipinski definition) is 2. The molecule has 0 spiro atoms. The first-order valence-corrected chi connectivity index (χ1v) is 12.4. The predicted molar refractivity (Wildman–Crippen MR) is 131 cm³/mol. The van der Waals surface area contributed by atoms with Crippen molar-refractivity contribution in [3.8, 4) is 0 Å². The molecule has 0 aromatic heterocycles. The van der Waals surface area contributed by atoms with Gasteiger partial charge in [0, 0.05) is 43.7 Å². The number of rotatable bonds is 10. The molecule has 1 aliphatic carbocycles. The van der Waals surface area contributed by atoms with Crippen molar-refractivity contribution in [3.63, 3.8) is 0 Å².